The molecule has 0 saturated carbocycles. The minimum atomic E-state index is -3.26. The predicted octanol–water partition coefficient (Wildman–Crippen LogP) is 1.99. The monoisotopic (exact) mass is 295 g/mol. The number of hydrogen-bond acceptors (Lipinski definition) is 5. The molecule has 2 rings (SSSR count). The molecule has 0 aliphatic heterocycles. The highest BCUT2D eigenvalue weighted by Crippen LogP contribution is 2.17. The normalized spacial score (nSPS) is 11.2. The summed E-state index contributed by atoms with van der Waals surface area (Å²) in [5.41, 5.74) is 0.612. The Morgan fingerprint density at radius 2 is 2.05 bits per heavy atom. The van der Waals surface area contributed by atoms with Crippen LogP contribution in [-0.2, 0) is 16.4 Å². The Hall–Kier alpha value is -2.28. The molecule has 6 nitrogen and oxygen atoms in total. The summed E-state index contributed by atoms with van der Waals surface area (Å²) in [6.45, 7) is 0.264. The number of carboxylic acids is 1. The summed E-state index contributed by atoms with van der Waals surface area (Å²) in [5, 5.41) is 11.7. The quantitative estimate of drug-likeness (QED) is 0.875. The molecule has 0 aliphatic carbocycles. The number of hydrogen-bond donors (Lipinski definition) is 2. The molecule has 0 unspecified atom stereocenters. The van der Waals surface area contributed by atoms with Crippen LogP contribution in [0.5, 0.6) is 0 Å². The molecule has 2 N–H and O–H groups in total. The maximum absolute atomic E-state index is 11.4. The van der Waals surface area contributed by atoms with Gasteiger partial charge < -0.3 is 14.8 Å². The largest absolute Gasteiger partial charge is 0.475 e. The first kappa shape index (κ1) is 14.1. The van der Waals surface area contributed by atoms with Crippen molar-refractivity contribution in [2.45, 2.75) is 11.4 Å². The number of sulfone groups is 1. The molecule has 0 spiro atoms. The zero-order valence-electron chi connectivity index (χ0n) is 10.7. The van der Waals surface area contributed by atoms with Gasteiger partial charge in [0.25, 0.3) is 0 Å². The molecule has 0 aliphatic rings. The minimum Gasteiger partial charge on any atom is -0.475 e. The number of carbonyl (C=O) groups is 1. The fourth-order valence-corrected chi connectivity index (χ4v) is 2.28. The predicted molar refractivity (Wildman–Crippen MR) is 72.5 cm³/mol. The Labute approximate surface area is 116 Å². The summed E-state index contributed by atoms with van der Waals surface area (Å²) in [7, 11) is -3.26. The van der Waals surface area contributed by atoms with Gasteiger partial charge in [-0.15, -0.1) is 0 Å². The molecule has 0 bridgehead atoms. The van der Waals surface area contributed by atoms with E-state index in [2.05, 4.69) is 5.32 Å². The van der Waals surface area contributed by atoms with E-state index in [1.807, 2.05) is 0 Å². The van der Waals surface area contributed by atoms with Crippen LogP contribution in [-0.4, -0.2) is 25.7 Å². The molecule has 0 radical (unpaired) electrons. The molecule has 0 saturated heterocycles. The molecule has 0 atom stereocenters. The van der Waals surface area contributed by atoms with Gasteiger partial charge in [-0.3, -0.25) is 0 Å². The molecular weight excluding hydrogens is 282 g/mol. The van der Waals surface area contributed by atoms with Crippen molar-refractivity contribution in [3.05, 3.63) is 47.9 Å². The van der Waals surface area contributed by atoms with Gasteiger partial charge in [0.2, 0.25) is 5.76 Å². The van der Waals surface area contributed by atoms with E-state index >= 15 is 0 Å². The van der Waals surface area contributed by atoms with E-state index in [1.54, 1.807) is 18.2 Å². The Balaban J connectivity index is 2.09. The molecule has 1 aromatic heterocycles. The molecular formula is C13H13NO5S. The van der Waals surface area contributed by atoms with E-state index in [0.29, 0.717) is 11.4 Å². The number of carboxylic acid groups (broad SMARTS) is 1. The molecule has 106 valence electrons. The van der Waals surface area contributed by atoms with Crippen molar-refractivity contribution < 1.29 is 22.7 Å². The van der Waals surface area contributed by atoms with Crippen molar-refractivity contribution in [2.24, 2.45) is 0 Å². The van der Waals surface area contributed by atoms with Gasteiger partial charge in [0.1, 0.15) is 5.76 Å². The minimum absolute atomic E-state index is 0.133. The highest BCUT2D eigenvalue weighted by atomic mass is 32.2. The van der Waals surface area contributed by atoms with Crippen LogP contribution in [0.3, 0.4) is 0 Å². The lowest BCUT2D eigenvalue weighted by molar-refractivity contribution is 0.0660. The van der Waals surface area contributed by atoms with Crippen molar-refractivity contribution in [3.8, 4) is 0 Å². The Kier molecular flexibility index (Phi) is 3.80. The third-order valence-electron chi connectivity index (χ3n) is 2.60. The molecule has 1 heterocycles. The number of aromatic carboxylic acids is 1. The van der Waals surface area contributed by atoms with Gasteiger partial charge >= 0.3 is 5.97 Å². The lowest BCUT2D eigenvalue weighted by atomic mass is 10.3. The number of benzene rings is 1. The van der Waals surface area contributed by atoms with Crippen molar-refractivity contribution in [2.75, 3.05) is 11.6 Å². The number of nitrogens with one attached hydrogen (secondary N) is 1. The highest BCUT2D eigenvalue weighted by Gasteiger charge is 2.10. The van der Waals surface area contributed by atoms with Crippen LogP contribution in [0, 0.1) is 0 Å². The number of furan rings is 1. The maximum Gasteiger partial charge on any atom is 0.371 e. The van der Waals surface area contributed by atoms with Crippen LogP contribution in [0.25, 0.3) is 0 Å². The van der Waals surface area contributed by atoms with E-state index in [9.17, 15) is 13.2 Å². The summed E-state index contributed by atoms with van der Waals surface area (Å²) >= 11 is 0. The van der Waals surface area contributed by atoms with Gasteiger partial charge in [0, 0.05) is 11.9 Å². The van der Waals surface area contributed by atoms with Crippen LogP contribution in [0.2, 0.25) is 0 Å². The van der Waals surface area contributed by atoms with Gasteiger partial charge in [0.05, 0.1) is 11.4 Å². The first-order chi connectivity index (χ1) is 9.36. The zero-order valence-corrected chi connectivity index (χ0v) is 11.5. The number of rotatable bonds is 5. The standard InChI is InChI=1S/C13H13NO5S/c1-20(17,18)11-4-2-3-9(7-11)14-8-10-5-6-12(19-10)13(15)16/h2-7,14H,8H2,1H3,(H,15,16). The zero-order chi connectivity index (χ0) is 14.8. The molecule has 1 aromatic carbocycles. The van der Waals surface area contributed by atoms with Gasteiger partial charge in [-0.2, -0.15) is 0 Å². The Morgan fingerprint density at radius 3 is 2.65 bits per heavy atom. The second-order valence-corrected chi connectivity index (χ2v) is 6.24. The van der Waals surface area contributed by atoms with Crippen LogP contribution in [0.15, 0.2) is 45.7 Å². The second-order valence-electron chi connectivity index (χ2n) is 4.22. The van der Waals surface area contributed by atoms with E-state index in [1.165, 1.54) is 18.2 Å². The van der Waals surface area contributed by atoms with Gasteiger partial charge in [-0.05, 0) is 30.3 Å². The van der Waals surface area contributed by atoms with Gasteiger partial charge in [-0.25, -0.2) is 13.2 Å². The summed E-state index contributed by atoms with van der Waals surface area (Å²) < 4.78 is 27.9. The molecule has 0 amide bonds. The fraction of sp³-hybridized carbons (Fsp3) is 0.154. The average molecular weight is 295 g/mol. The molecule has 7 heteroatoms. The van der Waals surface area contributed by atoms with Crippen LogP contribution < -0.4 is 5.32 Å². The van der Waals surface area contributed by atoms with E-state index < -0.39 is 15.8 Å². The summed E-state index contributed by atoms with van der Waals surface area (Å²) in [4.78, 5) is 10.9. The van der Waals surface area contributed by atoms with Crippen LogP contribution in [0.4, 0.5) is 5.69 Å². The second kappa shape index (κ2) is 5.38. The molecule has 2 aromatic rings. The van der Waals surface area contributed by atoms with Crippen molar-refractivity contribution in [1.29, 1.82) is 0 Å². The van der Waals surface area contributed by atoms with Crippen molar-refractivity contribution >= 4 is 21.5 Å². The summed E-state index contributed by atoms with van der Waals surface area (Å²) in [5.74, 6) is -0.811. The van der Waals surface area contributed by atoms with E-state index in [0.717, 1.165) is 6.26 Å². The van der Waals surface area contributed by atoms with Crippen LogP contribution >= 0.6 is 0 Å². The van der Waals surface area contributed by atoms with Gasteiger partial charge in [-0.1, -0.05) is 6.07 Å². The molecule has 0 fully saturated rings. The van der Waals surface area contributed by atoms with Crippen LogP contribution in [0.1, 0.15) is 16.3 Å². The summed E-state index contributed by atoms with van der Waals surface area (Å²) in [6.07, 6.45) is 1.14. The topological polar surface area (TPSA) is 96.6 Å². The van der Waals surface area contributed by atoms with Crippen molar-refractivity contribution in [1.82, 2.24) is 0 Å². The first-order valence-corrected chi connectivity index (χ1v) is 7.61. The average Bonchev–Trinajstić information content (AvgIpc) is 2.85. The maximum atomic E-state index is 11.4. The fourth-order valence-electron chi connectivity index (χ4n) is 1.61. The third-order valence-corrected chi connectivity index (χ3v) is 3.71. The molecule has 20 heavy (non-hydrogen) atoms. The van der Waals surface area contributed by atoms with E-state index in [-0.39, 0.29) is 17.2 Å². The Morgan fingerprint density at radius 1 is 1.30 bits per heavy atom. The lowest BCUT2D eigenvalue weighted by Crippen LogP contribution is -2.01. The number of anilines is 1. The highest BCUT2D eigenvalue weighted by molar-refractivity contribution is 7.90. The van der Waals surface area contributed by atoms with E-state index in [4.69, 9.17) is 9.52 Å². The summed E-state index contributed by atoms with van der Waals surface area (Å²) in [6, 6.07) is 9.29. The van der Waals surface area contributed by atoms with Crippen molar-refractivity contribution in [3.63, 3.8) is 0 Å². The third kappa shape index (κ3) is 3.39. The SMILES string of the molecule is CS(=O)(=O)c1cccc(NCc2ccc(C(=O)O)o2)c1. The smallest absolute Gasteiger partial charge is 0.371 e. The Bertz CT molecular complexity index is 733. The van der Waals surface area contributed by atoms with Gasteiger partial charge in [0.15, 0.2) is 9.84 Å². The first-order valence-electron chi connectivity index (χ1n) is 5.72. The lowest BCUT2D eigenvalue weighted by Gasteiger charge is -2.06.